The van der Waals surface area contributed by atoms with Crippen molar-refractivity contribution in [2.24, 2.45) is 35.5 Å². The van der Waals surface area contributed by atoms with Crippen LogP contribution in [0.1, 0.15) is 66.2 Å². The van der Waals surface area contributed by atoms with E-state index in [2.05, 4.69) is 27.7 Å². The van der Waals surface area contributed by atoms with Crippen molar-refractivity contribution < 1.29 is 14.4 Å². The van der Waals surface area contributed by atoms with E-state index in [1.165, 1.54) is 0 Å². The van der Waals surface area contributed by atoms with Crippen molar-refractivity contribution >= 4 is 17.3 Å². The van der Waals surface area contributed by atoms with Crippen LogP contribution in [0.15, 0.2) is 0 Å². The maximum absolute atomic E-state index is 12.7. The Morgan fingerprint density at radius 2 is 1.14 bits per heavy atom. The van der Waals surface area contributed by atoms with Crippen LogP contribution in [-0.4, -0.2) is 17.3 Å². The van der Waals surface area contributed by atoms with Gasteiger partial charge in [0.25, 0.3) is 0 Å². The van der Waals surface area contributed by atoms with Crippen LogP contribution in [0.3, 0.4) is 0 Å². The highest BCUT2D eigenvalue weighted by molar-refractivity contribution is 6.12. The van der Waals surface area contributed by atoms with Gasteiger partial charge in [-0.25, -0.2) is 0 Å². The van der Waals surface area contributed by atoms with Crippen molar-refractivity contribution in [1.82, 2.24) is 0 Å². The molecule has 3 heteroatoms. The molecule has 0 radical (unpaired) electrons. The van der Waals surface area contributed by atoms with Gasteiger partial charge in [0.15, 0.2) is 5.78 Å². The van der Waals surface area contributed by atoms with Gasteiger partial charge in [-0.15, -0.1) is 0 Å². The molecule has 2 aliphatic rings. The van der Waals surface area contributed by atoms with Crippen LogP contribution in [0.25, 0.3) is 0 Å². The maximum atomic E-state index is 12.7. The summed E-state index contributed by atoms with van der Waals surface area (Å²) < 4.78 is 0. The van der Waals surface area contributed by atoms with Crippen LogP contribution in [0.2, 0.25) is 0 Å². The molecule has 0 amide bonds. The Balaban J connectivity index is 1.98. The lowest BCUT2D eigenvalue weighted by atomic mass is 9.68. The van der Waals surface area contributed by atoms with Gasteiger partial charge >= 0.3 is 0 Å². The monoisotopic (exact) mass is 306 g/mol. The van der Waals surface area contributed by atoms with E-state index in [-0.39, 0.29) is 17.3 Å². The molecule has 4 atom stereocenters. The van der Waals surface area contributed by atoms with Crippen LogP contribution in [0.4, 0.5) is 0 Å². The van der Waals surface area contributed by atoms with E-state index in [1.54, 1.807) is 0 Å². The molecule has 4 unspecified atom stereocenters. The standard InChI is InChI=1S/C19H30O3/c1-11(2)13-5-7-15(17(20)9-13)19(22)16-8-6-14(12(3)4)10-18(16)21/h11-16H,5-10H2,1-4H3. The number of hydrogen-bond acceptors (Lipinski definition) is 3. The molecule has 0 saturated heterocycles. The maximum Gasteiger partial charge on any atom is 0.153 e. The summed E-state index contributed by atoms with van der Waals surface area (Å²) in [6.07, 6.45) is 4.22. The van der Waals surface area contributed by atoms with E-state index >= 15 is 0 Å². The van der Waals surface area contributed by atoms with E-state index in [4.69, 9.17) is 0 Å². The lowest BCUT2D eigenvalue weighted by Gasteiger charge is -2.33. The summed E-state index contributed by atoms with van der Waals surface area (Å²) in [5, 5.41) is 0. The van der Waals surface area contributed by atoms with Gasteiger partial charge in [-0.05, 0) is 49.4 Å². The third-order valence-corrected chi connectivity index (χ3v) is 5.93. The van der Waals surface area contributed by atoms with E-state index in [9.17, 15) is 14.4 Å². The van der Waals surface area contributed by atoms with Crippen LogP contribution in [0, 0.1) is 35.5 Å². The van der Waals surface area contributed by atoms with Gasteiger partial charge in [0.05, 0.1) is 11.8 Å². The molecule has 3 nitrogen and oxygen atoms in total. The van der Waals surface area contributed by atoms with E-state index < -0.39 is 11.8 Å². The fourth-order valence-electron chi connectivity index (χ4n) is 4.07. The van der Waals surface area contributed by atoms with E-state index in [0.29, 0.717) is 49.4 Å². The zero-order chi connectivity index (χ0) is 16.4. The number of hydrogen-bond donors (Lipinski definition) is 0. The van der Waals surface area contributed by atoms with Crippen molar-refractivity contribution in [3.05, 3.63) is 0 Å². The molecule has 22 heavy (non-hydrogen) atoms. The summed E-state index contributed by atoms with van der Waals surface area (Å²) in [4.78, 5) is 37.4. The topological polar surface area (TPSA) is 51.2 Å². The largest absolute Gasteiger partial charge is 0.299 e. The molecule has 0 aromatic carbocycles. The molecule has 0 spiro atoms. The van der Waals surface area contributed by atoms with Gasteiger partial charge in [-0.3, -0.25) is 14.4 Å². The molecule has 2 aliphatic carbocycles. The summed E-state index contributed by atoms with van der Waals surface area (Å²) in [6, 6.07) is 0. The summed E-state index contributed by atoms with van der Waals surface area (Å²) in [6.45, 7) is 8.54. The zero-order valence-corrected chi connectivity index (χ0v) is 14.4. The summed E-state index contributed by atoms with van der Waals surface area (Å²) in [7, 11) is 0. The minimum absolute atomic E-state index is 0.0700. The molecule has 2 rings (SSSR count). The molecular formula is C19H30O3. The molecule has 0 heterocycles. The molecule has 2 saturated carbocycles. The highest BCUT2D eigenvalue weighted by atomic mass is 16.2. The van der Waals surface area contributed by atoms with Gasteiger partial charge in [0, 0.05) is 12.8 Å². The first-order valence-electron chi connectivity index (χ1n) is 8.90. The lowest BCUT2D eigenvalue weighted by molar-refractivity contribution is -0.142. The Kier molecular flexibility index (Phi) is 5.57. The Hall–Kier alpha value is -0.990. The van der Waals surface area contributed by atoms with Gasteiger partial charge in [-0.2, -0.15) is 0 Å². The first-order valence-corrected chi connectivity index (χ1v) is 8.90. The predicted molar refractivity (Wildman–Crippen MR) is 86.4 cm³/mol. The minimum Gasteiger partial charge on any atom is -0.299 e. The lowest BCUT2D eigenvalue weighted by Crippen LogP contribution is -2.40. The molecule has 0 aromatic rings. The normalized spacial score (nSPS) is 33.5. The average Bonchev–Trinajstić information content (AvgIpc) is 2.46. The Morgan fingerprint density at radius 1 is 0.773 bits per heavy atom. The second-order valence-electron chi connectivity index (χ2n) is 8.01. The summed E-state index contributed by atoms with van der Waals surface area (Å²) in [5.74, 6) is 0.875. The van der Waals surface area contributed by atoms with Crippen LogP contribution < -0.4 is 0 Å². The van der Waals surface area contributed by atoms with E-state index in [0.717, 1.165) is 12.8 Å². The number of carbonyl (C=O) groups excluding carboxylic acids is 3. The molecule has 0 aromatic heterocycles. The third-order valence-electron chi connectivity index (χ3n) is 5.93. The number of ketones is 3. The second kappa shape index (κ2) is 7.06. The highest BCUT2D eigenvalue weighted by Crippen LogP contribution is 2.37. The third kappa shape index (κ3) is 3.67. The Labute approximate surface area is 134 Å². The SMILES string of the molecule is CC(C)C1CCC(C(=O)C2CCC(C(C)C)CC2=O)C(=O)C1. The first-order chi connectivity index (χ1) is 10.3. The van der Waals surface area contributed by atoms with Crippen LogP contribution in [-0.2, 0) is 14.4 Å². The minimum atomic E-state index is -0.500. The first kappa shape index (κ1) is 17.4. The highest BCUT2D eigenvalue weighted by Gasteiger charge is 2.41. The second-order valence-corrected chi connectivity index (χ2v) is 8.01. The van der Waals surface area contributed by atoms with Crippen molar-refractivity contribution in [2.45, 2.75) is 66.2 Å². The fraction of sp³-hybridized carbons (Fsp3) is 0.842. The average molecular weight is 306 g/mol. The van der Waals surface area contributed by atoms with Gasteiger partial charge in [-0.1, -0.05) is 27.7 Å². The summed E-state index contributed by atoms with van der Waals surface area (Å²) in [5.41, 5.74) is 0. The van der Waals surface area contributed by atoms with Gasteiger partial charge in [0.1, 0.15) is 11.6 Å². The number of rotatable bonds is 4. The van der Waals surface area contributed by atoms with Crippen LogP contribution in [0.5, 0.6) is 0 Å². The smallest absolute Gasteiger partial charge is 0.153 e. The van der Waals surface area contributed by atoms with Crippen LogP contribution >= 0.6 is 0 Å². The van der Waals surface area contributed by atoms with Crippen molar-refractivity contribution in [3.8, 4) is 0 Å². The van der Waals surface area contributed by atoms with Crippen molar-refractivity contribution in [2.75, 3.05) is 0 Å². The molecule has 0 N–H and O–H groups in total. The zero-order valence-electron chi connectivity index (χ0n) is 14.4. The Bertz CT molecular complexity index is 410. The van der Waals surface area contributed by atoms with Gasteiger partial charge < -0.3 is 0 Å². The molecule has 0 aliphatic heterocycles. The van der Waals surface area contributed by atoms with Crippen molar-refractivity contribution in [3.63, 3.8) is 0 Å². The van der Waals surface area contributed by atoms with Crippen molar-refractivity contribution in [1.29, 1.82) is 0 Å². The predicted octanol–water partition coefficient (Wildman–Crippen LogP) is 3.84. The Morgan fingerprint density at radius 3 is 1.41 bits per heavy atom. The van der Waals surface area contributed by atoms with Gasteiger partial charge in [0.2, 0.25) is 0 Å². The molecule has 124 valence electrons. The number of Topliss-reactive ketones (excluding diaryl/α,β-unsaturated/α-hetero) is 3. The fourth-order valence-corrected chi connectivity index (χ4v) is 4.07. The molecule has 0 bridgehead atoms. The summed E-state index contributed by atoms with van der Waals surface area (Å²) >= 11 is 0. The molecule has 2 fully saturated rings. The molecular weight excluding hydrogens is 276 g/mol. The van der Waals surface area contributed by atoms with E-state index in [1.807, 2.05) is 0 Å². The number of carbonyl (C=O) groups is 3. The quantitative estimate of drug-likeness (QED) is 0.742.